The van der Waals surface area contributed by atoms with Crippen LogP contribution in [0.4, 0.5) is 0 Å². The third kappa shape index (κ3) is 2.65. The average molecular weight is 282 g/mol. The molecule has 0 amide bonds. The number of H-pyrrole nitrogens is 1. The van der Waals surface area contributed by atoms with Crippen molar-refractivity contribution in [3.8, 4) is 11.3 Å². The number of aromatic amines is 1. The third-order valence-corrected chi connectivity index (χ3v) is 4.45. The predicted octanol–water partition coefficient (Wildman–Crippen LogP) is 4.14. The second-order valence-corrected chi connectivity index (χ2v) is 6.33. The fourth-order valence-electron chi connectivity index (χ4n) is 2.79. The summed E-state index contributed by atoms with van der Waals surface area (Å²) >= 11 is 0. The van der Waals surface area contributed by atoms with E-state index in [1.807, 2.05) is 20.8 Å². The number of rotatable bonds is 3. The summed E-state index contributed by atoms with van der Waals surface area (Å²) in [6, 6.07) is 8.54. The van der Waals surface area contributed by atoms with Crippen molar-refractivity contribution in [2.45, 2.75) is 51.9 Å². The van der Waals surface area contributed by atoms with Crippen molar-refractivity contribution in [3.05, 3.63) is 51.6 Å². The van der Waals surface area contributed by atoms with E-state index in [1.165, 1.54) is 24.8 Å². The Morgan fingerprint density at radius 1 is 1.29 bits per heavy atom. The first-order valence-electron chi connectivity index (χ1n) is 7.77. The van der Waals surface area contributed by atoms with Crippen LogP contribution in [0.15, 0.2) is 29.1 Å². The molecule has 21 heavy (non-hydrogen) atoms. The number of nitrogens with zero attached hydrogens (tertiary/aromatic N) is 1. The fourth-order valence-corrected chi connectivity index (χ4v) is 2.79. The molecule has 3 heteroatoms. The van der Waals surface area contributed by atoms with Gasteiger partial charge in [-0.25, -0.2) is 4.98 Å². The second-order valence-electron chi connectivity index (χ2n) is 6.33. The molecule has 1 saturated carbocycles. The summed E-state index contributed by atoms with van der Waals surface area (Å²) in [7, 11) is 0. The molecule has 1 aliphatic rings. The molecule has 1 aromatic heterocycles. The molecule has 0 saturated heterocycles. The summed E-state index contributed by atoms with van der Waals surface area (Å²) in [5.41, 5.74) is 3.93. The Hall–Kier alpha value is -1.90. The van der Waals surface area contributed by atoms with E-state index >= 15 is 0 Å². The minimum absolute atomic E-state index is 0.0299. The lowest BCUT2D eigenvalue weighted by atomic mass is 9.79. The number of nitrogens with one attached hydrogen (secondary N) is 1. The van der Waals surface area contributed by atoms with Gasteiger partial charge in [0.25, 0.3) is 5.56 Å². The highest BCUT2D eigenvalue weighted by Crippen LogP contribution is 2.37. The molecule has 0 radical (unpaired) electrons. The van der Waals surface area contributed by atoms with Crippen LogP contribution in [0.25, 0.3) is 11.3 Å². The first-order chi connectivity index (χ1) is 10.1. The Morgan fingerprint density at radius 2 is 2.05 bits per heavy atom. The van der Waals surface area contributed by atoms with Crippen LogP contribution in [-0.2, 0) is 0 Å². The molecule has 0 spiro atoms. The summed E-state index contributed by atoms with van der Waals surface area (Å²) in [6.45, 7) is 5.94. The summed E-state index contributed by atoms with van der Waals surface area (Å²) in [5, 5.41) is 0. The van der Waals surface area contributed by atoms with Crippen molar-refractivity contribution in [2.75, 3.05) is 0 Å². The zero-order chi connectivity index (χ0) is 15.0. The van der Waals surface area contributed by atoms with Crippen LogP contribution in [0.3, 0.4) is 0 Å². The zero-order valence-electron chi connectivity index (χ0n) is 12.9. The summed E-state index contributed by atoms with van der Waals surface area (Å²) in [4.78, 5) is 19.7. The van der Waals surface area contributed by atoms with Crippen LogP contribution in [0.2, 0.25) is 0 Å². The maximum Gasteiger partial charge on any atom is 0.254 e. The van der Waals surface area contributed by atoms with E-state index in [0.717, 1.165) is 17.1 Å². The van der Waals surface area contributed by atoms with Crippen molar-refractivity contribution in [3.63, 3.8) is 0 Å². The lowest BCUT2D eigenvalue weighted by Crippen LogP contribution is -2.17. The Morgan fingerprint density at radius 3 is 2.67 bits per heavy atom. The molecule has 0 bridgehead atoms. The Labute approximate surface area is 125 Å². The van der Waals surface area contributed by atoms with Crippen molar-refractivity contribution in [1.82, 2.24) is 9.97 Å². The van der Waals surface area contributed by atoms with Gasteiger partial charge in [0.1, 0.15) is 5.82 Å². The smallest absolute Gasteiger partial charge is 0.254 e. The van der Waals surface area contributed by atoms with Crippen LogP contribution in [0, 0.1) is 6.92 Å². The topological polar surface area (TPSA) is 45.8 Å². The largest absolute Gasteiger partial charge is 0.310 e. The monoisotopic (exact) mass is 282 g/mol. The molecule has 1 N–H and O–H groups in total. The molecule has 1 fully saturated rings. The van der Waals surface area contributed by atoms with Gasteiger partial charge in [0.05, 0.1) is 5.69 Å². The predicted molar refractivity (Wildman–Crippen MR) is 85.7 cm³/mol. The summed E-state index contributed by atoms with van der Waals surface area (Å²) < 4.78 is 0. The number of hydrogen-bond donors (Lipinski definition) is 1. The zero-order valence-corrected chi connectivity index (χ0v) is 12.9. The van der Waals surface area contributed by atoms with E-state index in [4.69, 9.17) is 4.98 Å². The summed E-state index contributed by atoms with van der Waals surface area (Å²) in [6.07, 6.45) is 3.89. The second kappa shape index (κ2) is 5.47. The molecule has 1 aliphatic carbocycles. The lowest BCUT2D eigenvalue weighted by molar-refractivity contribution is 0.420. The highest BCUT2D eigenvalue weighted by Gasteiger charge is 2.20. The van der Waals surface area contributed by atoms with E-state index in [0.29, 0.717) is 11.5 Å². The minimum Gasteiger partial charge on any atom is -0.310 e. The van der Waals surface area contributed by atoms with Crippen LogP contribution in [-0.4, -0.2) is 9.97 Å². The molecule has 0 aliphatic heterocycles. The van der Waals surface area contributed by atoms with Gasteiger partial charge >= 0.3 is 0 Å². The van der Waals surface area contributed by atoms with Gasteiger partial charge in [-0.3, -0.25) is 4.79 Å². The first kappa shape index (κ1) is 14.1. The molecule has 110 valence electrons. The molecule has 0 unspecified atom stereocenters. The highest BCUT2D eigenvalue weighted by atomic mass is 16.1. The summed E-state index contributed by atoms with van der Waals surface area (Å²) in [5.74, 6) is 1.67. The number of hydrogen-bond acceptors (Lipinski definition) is 2. The van der Waals surface area contributed by atoms with Gasteiger partial charge < -0.3 is 4.98 Å². The van der Waals surface area contributed by atoms with Crippen LogP contribution in [0.5, 0.6) is 0 Å². The highest BCUT2D eigenvalue weighted by molar-refractivity contribution is 5.63. The Balaban J connectivity index is 2.09. The van der Waals surface area contributed by atoms with E-state index in [1.54, 1.807) is 0 Å². The third-order valence-electron chi connectivity index (χ3n) is 4.45. The normalized spacial score (nSPS) is 15.2. The number of benzene rings is 1. The van der Waals surface area contributed by atoms with Crippen molar-refractivity contribution in [1.29, 1.82) is 0 Å². The molecule has 1 aromatic carbocycles. The van der Waals surface area contributed by atoms with Gasteiger partial charge in [0.15, 0.2) is 0 Å². The Kier molecular flexibility index (Phi) is 3.66. The van der Waals surface area contributed by atoms with Crippen molar-refractivity contribution < 1.29 is 0 Å². The van der Waals surface area contributed by atoms with E-state index in [9.17, 15) is 4.79 Å². The van der Waals surface area contributed by atoms with Crippen LogP contribution >= 0.6 is 0 Å². The van der Waals surface area contributed by atoms with Gasteiger partial charge in [-0.1, -0.05) is 38.5 Å². The fraction of sp³-hybridized carbons (Fsp3) is 0.444. The van der Waals surface area contributed by atoms with Crippen LogP contribution < -0.4 is 5.56 Å². The van der Waals surface area contributed by atoms with Gasteiger partial charge in [0, 0.05) is 17.0 Å². The average Bonchev–Trinajstić information content (AvgIpc) is 2.40. The van der Waals surface area contributed by atoms with Gasteiger partial charge in [0.2, 0.25) is 0 Å². The quantitative estimate of drug-likeness (QED) is 0.919. The lowest BCUT2D eigenvalue weighted by Gasteiger charge is -2.26. The van der Waals surface area contributed by atoms with Crippen molar-refractivity contribution in [2.24, 2.45) is 0 Å². The Bertz CT molecular complexity index is 711. The first-order valence-corrected chi connectivity index (χ1v) is 7.77. The van der Waals surface area contributed by atoms with Crippen molar-refractivity contribution >= 4 is 0 Å². The van der Waals surface area contributed by atoms with E-state index in [-0.39, 0.29) is 11.5 Å². The maximum atomic E-state index is 12.1. The molecular formula is C18H22N2O. The molecule has 0 atom stereocenters. The molecule has 3 nitrogen and oxygen atoms in total. The standard InChI is InChI=1S/C18H22N2O/c1-11(2)17-19-16(12(3)18(21)20-17)15-9-5-8-14(10-15)13-6-4-7-13/h5,8-11,13H,4,6-7H2,1-3H3,(H,19,20,21). The minimum atomic E-state index is -0.0299. The molecule has 2 aromatic rings. The van der Waals surface area contributed by atoms with Gasteiger partial charge in [-0.15, -0.1) is 0 Å². The molecule has 1 heterocycles. The van der Waals surface area contributed by atoms with Crippen LogP contribution in [0.1, 0.15) is 61.9 Å². The maximum absolute atomic E-state index is 12.1. The molecular weight excluding hydrogens is 260 g/mol. The van der Waals surface area contributed by atoms with E-state index < -0.39 is 0 Å². The number of aromatic nitrogens is 2. The SMILES string of the molecule is Cc1c(-c2cccc(C3CCC3)c2)nc(C(C)C)[nH]c1=O. The van der Waals surface area contributed by atoms with Gasteiger partial charge in [-0.2, -0.15) is 0 Å². The molecule has 3 rings (SSSR count). The van der Waals surface area contributed by atoms with E-state index in [2.05, 4.69) is 29.2 Å². The van der Waals surface area contributed by atoms with Gasteiger partial charge in [-0.05, 0) is 37.3 Å².